The van der Waals surface area contributed by atoms with E-state index in [9.17, 15) is 0 Å². The number of hydrogen-bond acceptors (Lipinski definition) is 4. The lowest BCUT2D eigenvalue weighted by Crippen LogP contribution is -2.00. The molecule has 0 aliphatic rings. The van der Waals surface area contributed by atoms with Crippen molar-refractivity contribution in [3.8, 4) is 44.0 Å². The van der Waals surface area contributed by atoms with Crippen molar-refractivity contribution in [3.63, 3.8) is 0 Å². The number of para-hydroxylation sites is 1. The zero-order chi connectivity index (χ0) is 25.6. The van der Waals surface area contributed by atoms with Crippen LogP contribution in [0, 0.1) is 0 Å². The topological polar surface area (TPSA) is 32.0 Å². The maximum Gasteiger partial charge on any atom is 0.145 e. The van der Waals surface area contributed by atoms with Crippen LogP contribution in [0.1, 0.15) is 6.92 Å². The van der Waals surface area contributed by atoms with Gasteiger partial charge < -0.3 is 9.30 Å². The fourth-order valence-electron chi connectivity index (χ4n) is 5.36. The third-order valence-corrected chi connectivity index (χ3v) is 8.82. The lowest BCUT2D eigenvalue weighted by atomic mass is 10.1. The summed E-state index contributed by atoms with van der Waals surface area (Å²) >= 11 is 3.46. The number of aryl methyl sites for hydroxylation is 1. The molecule has 0 saturated carbocycles. The summed E-state index contributed by atoms with van der Waals surface area (Å²) in [6.07, 6.45) is 0. The number of hydrogen-bond donors (Lipinski definition) is 0. The predicted molar refractivity (Wildman–Crippen MR) is 161 cm³/mol. The van der Waals surface area contributed by atoms with Crippen molar-refractivity contribution in [1.29, 1.82) is 0 Å². The van der Waals surface area contributed by atoms with Crippen molar-refractivity contribution >= 4 is 44.5 Å². The van der Waals surface area contributed by atoms with Crippen LogP contribution in [0.5, 0.6) is 5.75 Å². The second-order valence-corrected chi connectivity index (χ2v) is 11.0. The van der Waals surface area contributed by atoms with Crippen molar-refractivity contribution in [2.45, 2.75) is 13.5 Å². The van der Waals surface area contributed by atoms with Gasteiger partial charge in [-0.1, -0.05) is 30.3 Å². The largest absolute Gasteiger partial charge is 0.497 e. The van der Waals surface area contributed by atoms with E-state index in [1.54, 1.807) is 29.8 Å². The summed E-state index contributed by atoms with van der Waals surface area (Å²) in [6, 6.07) is 32.2. The molecule has 0 fully saturated rings. The summed E-state index contributed by atoms with van der Waals surface area (Å²) < 4.78 is 10.2. The van der Waals surface area contributed by atoms with Crippen LogP contribution in [-0.2, 0) is 6.54 Å². The molecule has 0 saturated heterocycles. The molecule has 7 aromatic rings. The maximum atomic E-state index is 5.47. The van der Waals surface area contributed by atoms with E-state index in [-0.39, 0.29) is 0 Å². The first-order chi connectivity index (χ1) is 18.8. The molecule has 4 nitrogen and oxygen atoms in total. The van der Waals surface area contributed by atoms with Gasteiger partial charge in [0.15, 0.2) is 0 Å². The molecule has 0 unspecified atom stereocenters. The van der Waals surface area contributed by atoms with Crippen molar-refractivity contribution in [3.05, 3.63) is 102 Å². The van der Waals surface area contributed by atoms with Gasteiger partial charge in [-0.3, -0.25) is 4.57 Å². The molecule has 6 heteroatoms. The number of imidazole rings is 1. The fourth-order valence-corrected chi connectivity index (χ4v) is 6.83. The van der Waals surface area contributed by atoms with Crippen molar-refractivity contribution in [2.24, 2.45) is 0 Å². The molecule has 38 heavy (non-hydrogen) atoms. The zero-order valence-corrected chi connectivity index (χ0v) is 22.7. The second kappa shape index (κ2) is 9.31. The van der Waals surface area contributed by atoms with E-state index in [4.69, 9.17) is 9.72 Å². The van der Waals surface area contributed by atoms with Gasteiger partial charge in [-0.25, -0.2) is 4.98 Å². The standard InChI is InChI=1S/C32H25N3OS2/c1-3-34-26-9-5-4-8-24(26)25-20-21(12-17-27(25)34)32-33-30(28-10-6-18-37-28)31(29-11-7-19-38-29)35(32)22-13-15-23(36-2)16-14-22/h4-20H,3H2,1-2H3. The molecule has 0 atom stereocenters. The smallest absolute Gasteiger partial charge is 0.145 e. The fraction of sp³-hybridized carbons (Fsp3) is 0.0938. The average molecular weight is 532 g/mol. The monoisotopic (exact) mass is 531 g/mol. The first-order valence-corrected chi connectivity index (χ1v) is 14.4. The Morgan fingerprint density at radius 3 is 2.21 bits per heavy atom. The molecular formula is C32H25N3OS2. The molecule has 0 amide bonds. The zero-order valence-electron chi connectivity index (χ0n) is 21.1. The number of aromatic nitrogens is 3. The molecule has 186 valence electrons. The summed E-state index contributed by atoms with van der Waals surface area (Å²) in [5, 5.41) is 6.76. The van der Waals surface area contributed by atoms with Gasteiger partial charge in [-0.2, -0.15) is 0 Å². The number of methoxy groups -OCH3 is 1. The Bertz CT molecular complexity index is 1880. The minimum Gasteiger partial charge on any atom is -0.497 e. The molecule has 3 aromatic carbocycles. The summed E-state index contributed by atoms with van der Waals surface area (Å²) in [5.74, 6) is 1.76. The van der Waals surface area contributed by atoms with E-state index < -0.39 is 0 Å². The van der Waals surface area contributed by atoms with Gasteiger partial charge >= 0.3 is 0 Å². The molecule has 0 N–H and O–H groups in total. The normalized spacial score (nSPS) is 11.5. The van der Waals surface area contributed by atoms with Gasteiger partial charge in [-0.15, -0.1) is 22.7 Å². The third-order valence-electron chi connectivity index (χ3n) is 7.06. The lowest BCUT2D eigenvalue weighted by molar-refractivity contribution is 0.415. The maximum absolute atomic E-state index is 5.47. The van der Waals surface area contributed by atoms with Crippen LogP contribution in [-0.4, -0.2) is 21.2 Å². The number of ether oxygens (including phenoxy) is 1. The highest BCUT2D eigenvalue weighted by Gasteiger charge is 2.24. The SMILES string of the molecule is CCn1c2ccccc2c2cc(-c3nc(-c4cccs4)c(-c4cccs4)n3-c3ccc(OC)cc3)ccc21. The second-order valence-electron chi connectivity index (χ2n) is 9.11. The molecule has 0 aliphatic heterocycles. The van der Waals surface area contributed by atoms with Crippen LogP contribution < -0.4 is 4.74 Å². The molecule has 4 heterocycles. The van der Waals surface area contributed by atoms with E-state index in [2.05, 4.69) is 106 Å². The Hall–Kier alpha value is -4.13. The highest BCUT2D eigenvalue weighted by Crippen LogP contribution is 2.42. The molecule has 0 aliphatic carbocycles. The highest BCUT2D eigenvalue weighted by molar-refractivity contribution is 7.14. The lowest BCUT2D eigenvalue weighted by Gasteiger charge is -2.13. The minimum absolute atomic E-state index is 0.834. The van der Waals surface area contributed by atoms with Crippen molar-refractivity contribution in [2.75, 3.05) is 7.11 Å². The molecule has 0 radical (unpaired) electrons. The summed E-state index contributed by atoms with van der Waals surface area (Å²) in [6.45, 7) is 3.13. The summed E-state index contributed by atoms with van der Waals surface area (Å²) in [7, 11) is 1.70. The third kappa shape index (κ3) is 3.60. The molecule has 0 bridgehead atoms. The van der Waals surface area contributed by atoms with Crippen LogP contribution in [0.15, 0.2) is 102 Å². The quantitative estimate of drug-likeness (QED) is 0.214. The van der Waals surface area contributed by atoms with Gasteiger partial charge in [0.25, 0.3) is 0 Å². The number of fused-ring (bicyclic) bond motifs is 3. The van der Waals surface area contributed by atoms with E-state index in [0.717, 1.165) is 45.6 Å². The van der Waals surface area contributed by atoms with E-state index in [1.165, 1.54) is 26.7 Å². The number of thiophene rings is 2. The molecule has 7 rings (SSSR count). The van der Waals surface area contributed by atoms with Gasteiger partial charge in [0.2, 0.25) is 0 Å². The van der Waals surface area contributed by atoms with Crippen LogP contribution in [0.4, 0.5) is 0 Å². The van der Waals surface area contributed by atoms with E-state index >= 15 is 0 Å². The van der Waals surface area contributed by atoms with Crippen LogP contribution >= 0.6 is 22.7 Å². The molecule has 4 aromatic heterocycles. The number of benzene rings is 3. The Balaban J connectivity index is 1.55. The first kappa shape index (κ1) is 23.0. The van der Waals surface area contributed by atoms with Crippen LogP contribution in [0.25, 0.3) is 60.0 Å². The van der Waals surface area contributed by atoms with E-state index in [0.29, 0.717) is 0 Å². The van der Waals surface area contributed by atoms with Crippen LogP contribution in [0.3, 0.4) is 0 Å². The first-order valence-electron chi connectivity index (χ1n) is 12.6. The Kier molecular flexibility index (Phi) is 5.64. The summed E-state index contributed by atoms with van der Waals surface area (Å²) in [5.41, 5.74) is 6.77. The summed E-state index contributed by atoms with van der Waals surface area (Å²) in [4.78, 5) is 7.70. The van der Waals surface area contributed by atoms with Gasteiger partial charge in [0.05, 0.1) is 22.6 Å². The minimum atomic E-state index is 0.834. The molecule has 0 spiro atoms. The Labute approximate surface area is 229 Å². The molecular weight excluding hydrogens is 507 g/mol. The van der Waals surface area contributed by atoms with Gasteiger partial charge in [0, 0.05) is 39.6 Å². The van der Waals surface area contributed by atoms with Crippen LogP contribution in [0.2, 0.25) is 0 Å². The average Bonchev–Trinajstić information content (AvgIpc) is 3.77. The predicted octanol–water partition coefficient (Wildman–Crippen LogP) is 9.13. The number of rotatable bonds is 6. The van der Waals surface area contributed by atoms with Crippen molar-refractivity contribution in [1.82, 2.24) is 14.1 Å². The Morgan fingerprint density at radius 1 is 0.763 bits per heavy atom. The number of nitrogens with zero attached hydrogens (tertiary/aromatic N) is 3. The Morgan fingerprint density at radius 2 is 1.50 bits per heavy atom. The van der Waals surface area contributed by atoms with E-state index in [1.807, 2.05) is 12.1 Å². The van der Waals surface area contributed by atoms with Gasteiger partial charge in [0.1, 0.15) is 17.3 Å². The van der Waals surface area contributed by atoms with Gasteiger partial charge in [-0.05, 0) is 78.3 Å². The highest BCUT2D eigenvalue weighted by atomic mass is 32.1. The van der Waals surface area contributed by atoms with Crippen molar-refractivity contribution < 1.29 is 4.74 Å².